The highest BCUT2D eigenvalue weighted by molar-refractivity contribution is 5.73. The van der Waals surface area contributed by atoms with Gasteiger partial charge in [-0.2, -0.15) is 0 Å². The molecule has 4 rings (SSSR count). The fourth-order valence-electron chi connectivity index (χ4n) is 3.48. The predicted octanol–water partition coefficient (Wildman–Crippen LogP) is 3.54. The summed E-state index contributed by atoms with van der Waals surface area (Å²) in [7, 11) is 0. The van der Waals surface area contributed by atoms with Crippen LogP contribution < -0.4 is 5.32 Å². The van der Waals surface area contributed by atoms with Crippen molar-refractivity contribution in [3.63, 3.8) is 0 Å². The Bertz CT molecular complexity index is 1010. The zero-order valence-electron chi connectivity index (χ0n) is 16.0. The Morgan fingerprint density at radius 2 is 2.03 bits per heavy atom. The minimum Gasteiger partial charge on any atom is -0.342 e. The number of halogens is 1. The number of nitrogens with zero attached hydrogens (tertiary/aromatic N) is 5. The van der Waals surface area contributed by atoms with Crippen LogP contribution in [-0.4, -0.2) is 43.8 Å². The van der Waals surface area contributed by atoms with Crippen LogP contribution in [0.5, 0.6) is 0 Å². The smallest absolute Gasteiger partial charge is 0.219 e. The maximum Gasteiger partial charge on any atom is 0.219 e. The molecule has 0 aliphatic carbocycles. The molecule has 148 valence electrons. The van der Waals surface area contributed by atoms with Crippen LogP contribution in [0, 0.1) is 5.82 Å². The second-order valence-corrected chi connectivity index (χ2v) is 7.06. The van der Waals surface area contributed by atoms with Crippen LogP contribution >= 0.6 is 0 Å². The topological polar surface area (TPSA) is 83.9 Å². The lowest BCUT2D eigenvalue weighted by atomic mass is 9.97. The van der Waals surface area contributed by atoms with Crippen LogP contribution in [0.1, 0.15) is 31.5 Å². The van der Waals surface area contributed by atoms with E-state index in [4.69, 9.17) is 4.98 Å². The SMILES string of the molecule is CC(=O)N1CCCC(c2nc(Nc3cccc(F)c3)cc(-c3cncnc3)n2)C1. The van der Waals surface area contributed by atoms with Crippen molar-refractivity contribution in [3.05, 3.63) is 60.7 Å². The Labute approximate surface area is 168 Å². The number of likely N-dealkylation sites (tertiary alicyclic amines) is 1. The zero-order chi connectivity index (χ0) is 20.2. The Morgan fingerprint density at radius 1 is 1.21 bits per heavy atom. The highest BCUT2D eigenvalue weighted by Gasteiger charge is 2.26. The maximum absolute atomic E-state index is 13.6. The first-order valence-electron chi connectivity index (χ1n) is 9.51. The van der Waals surface area contributed by atoms with Gasteiger partial charge in [-0.15, -0.1) is 0 Å². The highest BCUT2D eigenvalue weighted by atomic mass is 19.1. The molecule has 8 heteroatoms. The van der Waals surface area contributed by atoms with Gasteiger partial charge >= 0.3 is 0 Å². The van der Waals surface area contributed by atoms with Crippen molar-refractivity contribution in [3.8, 4) is 11.3 Å². The molecule has 0 spiro atoms. The van der Waals surface area contributed by atoms with E-state index in [0.717, 1.165) is 24.9 Å². The second-order valence-electron chi connectivity index (χ2n) is 7.06. The van der Waals surface area contributed by atoms with E-state index in [-0.39, 0.29) is 17.6 Å². The van der Waals surface area contributed by atoms with E-state index in [0.29, 0.717) is 29.6 Å². The fourth-order valence-corrected chi connectivity index (χ4v) is 3.48. The van der Waals surface area contributed by atoms with Crippen molar-refractivity contribution in [1.29, 1.82) is 0 Å². The molecular weight excluding hydrogens is 371 g/mol. The molecule has 1 fully saturated rings. The first-order chi connectivity index (χ1) is 14.1. The number of piperidine rings is 1. The molecule has 1 aliphatic heterocycles. The maximum atomic E-state index is 13.6. The Morgan fingerprint density at radius 3 is 2.79 bits per heavy atom. The Hall–Kier alpha value is -3.42. The quantitative estimate of drug-likeness (QED) is 0.731. The number of carbonyl (C=O) groups excluding carboxylic acids is 1. The molecule has 3 heterocycles. The van der Waals surface area contributed by atoms with Crippen molar-refractivity contribution in [2.45, 2.75) is 25.7 Å². The molecule has 0 saturated carbocycles. The molecule has 1 amide bonds. The van der Waals surface area contributed by atoms with Crippen molar-refractivity contribution in [2.24, 2.45) is 0 Å². The zero-order valence-corrected chi connectivity index (χ0v) is 16.0. The van der Waals surface area contributed by atoms with E-state index in [1.807, 2.05) is 4.90 Å². The van der Waals surface area contributed by atoms with Crippen LogP contribution in [0.3, 0.4) is 0 Å². The summed E-state index contributed by atoms with van der Waals surface area (Å²) in [4.78, 5) is 31.2. The summed E-state index contributed by atoms with van der Waals surface area (Å²) < 4.78 is 13.6. The van der Waals surface area contributed by atoms with Gasteiger partial charge in [-0.25, -0.2) is 24.3 Å². The number of nitrogens with one attached hydrogen (secondary N) is 1. The standard InChI is InChI=1S/C21H21FN6O/c1-14(29)28-7-3-4-15(12-28)21-26-19(16-10-23-13-24-11-16)9-20(27-21)25-18-6-2-5-17(22)8-18/h2,5-6,8-11,13,15H,3-4,7,12H2,1H3,(H,25,26,27). The van der Waals surface area contributed by atoms with E-state index < -0.39 is 0 Å². The number of aromatic nitrogens is 4. The summed E-state index contributed by atoms with van der Waals surface area (Å²) in [5, 5.41) is 3.16. The summed E-state index contributed by atoms with van der Waals surface area (Å²) >= 11 is 0. The third-order valence-corrected chi connectivity index (χ3v) is 4.93. The van der Waals surface area contributed by atoms with Crippen LogP contribution in [0.15, 0.2) is 49.1 Å². The van der Waals surface area contributed by atoms with Crippen molar-refractivity contribution >= 4 is 17.4 Å². The normalized spacial score (nSPS) is 16.5. The summed E-state index contributed by atoms with van der Waals surface area (Å²) in [6.45, 7) is 2.92. The number of rotatable bonds is 4. The summed E-state index contributed by atoms with van der Waals surface area (Å²) in [6.07, 6.45) is 6.64. The molecule has 1 unspecified atom stereocenters. The predicted molar refractivity (Wildman–Crippen MR) is 107 cm³/mol. The highest BCUT2D eigenvalue weighted by Crippen LogP contribution is 2.29. The first-order valence-corrected chi connectivity index (χ1v) is 9.51. The molecular formula is C21H21FN6O. The molecule has 0 radical (unpaired) electrons. The van der Waals surface area contributed by atoms with Crippen LogP contribution in [0.25, 0.3) is 11.3 Å². The van der Waals surface area contributed by atoms with E-state index in [9.17, 15) is 9.18 Å². The third kappa shape index (κ3) is 4.53. The van der Waals surface area contributed by atoms with Crippen LogP contribution in [0.4, 0.5) is 15.9 Å². The van der Waals surface area contributed by atoms with Gasteiger partial charge in [0, 0.05) is 55.6 Å². The van der Waals surface area contributed by atoms with Crippen LogP contribution in [0.2, 0.25) is 0 Å². The monoisotopic (exact) mass is 392 g/mol. The van der Waals surface area contributed by atoms with Gasteiger partial charge in [0.05, 0.1) is 5.69 Å². The molecule has 1 aromatic carbocycles. The van der Waals surface area contributed by atoms with Gasteiger partial charge in [-0.05, 0) is 31.0 Å². The molecule has 7 nitrogen and oxygen atoms in total. The van der Waals surface area contributed by atoms with Gasteiger partial charge in [0.15, 0.2) is 0 Å². The summed E-state index contributed by atoms with van der Waals surface area (Å²) in [5.41, 5.74) is 2.03. The number of hydrogen-bond donors (Lipinski definition) is 1. The van der Waals surface area contributed by atoms with Gasteiger partial charge < -0.3 is 10.2 Å². The lowest BCUT2D eigenvalue weighted by Crippen LogP contribution is -2.38. The summed E-state index contributed by atoms with van der Waals surface area (Å²) in [5.74, 6) is 0.965. The molecule has 1 saturated heterocycles. The number of benzene rings is 1. The van der Waals surface area contributed by atoms with Gasteiger partial charge in [0.25, 0.3) is 0 Å². The lowest BCUT2D eigenvalue weighted by molar-refractivity contribution is -0.130. The number of carbonyl (C=O) groups is 1. The van der Waals surface area contributed by atoms with Gasteiger partial charge in [-0.1, -0.05) is 6.07 Å². The van der Waals surface area contributed by atoms with E-state index in [2.05, 4.69) is 20.3 Å². The average molecular weight is 392 g/mol. The minimum atomic E-state index is -0.328. The molecule has 1 N–H and O–H groups in total. The fraction of sp³-hybridized carbons (Fsp3) is 0.286. The van der Waals surface area contributed by atoms with Crippen molar-refractivity contribution in [2.75, 3.05) is 18.4 Å². The van der Waals surface area contributed by atoms with E-state index >= 15 is 0 Å². The average Bonchev–Trinajstić information content (AvgIpc) is 2.74. The lowest BCUT2D eigenvalue weighted by Gasteiger charge is -2.31. The van der Waals surface area contributed by atoms with Gasteiger partial charge in [0.2, 0.25) is 5.91 Å². The van der Waals surface area contributed by atoms with Crippen molar-refractivity contribution < 1.29 is 9.18 Å². The Kier molecular flexibility index (Phi) is 5.41. The van der Waals surface area contributed by atoms with E-state index in [1.165, 1.54) is 18.5 Å². The molecule has 29 heavy (non-hydrogen) atoms. The third-order valence-electron chi connectivity index (χ3n) is 4.93. The molecule has 1 aliphatic rings. The van der Waals surface area contributed by atoms with Crippen LogP contribution in [-0.2, 0) is 4.79 Å². The van der Waals surface area contributed by atoms with E-state index in [1.54, 1.807) is 37.5 Å². The molecule has 0 bridgehead atoms. The molecule has 1 atom stereocenters. The van der Waals surface area contributed by atoms with Gasteiger partial charge in [-0.3, -0.25) is 4.79 Å². The number of anilines is 2. The Balaban J connectivity index is 1.71. The largest absolute Gasteiger partial charge is 0.342 e. The van der Waals surface area contributed by atoms with Crippen molar-refractivity contribution in [1.82, 2.24) is 24.8 Å². The number of amides is 1. The molecule has 2 aromatic heterocycles. The first kappa shape index (κ1) is 18.9. The minimum absolute atomic E-state index is 0.0327. The summed E-state index contributed by atoms with van der Waals surface area (Å²) in [6, 6.07) is 8.00. The molecule has 3 aromatic rings. The number of hydrogen-bond acceptors (Lipinski definition) is 6. The van der Waals surface area contributed by atoms with Gasteiger partial charge in [0.1, 0.15) is 23.8 Å². The second kappa shape index (κ2) is 8.30.